The minimum absolute atomic E-state index is 0.0516. The van der Waals surface area contributed by atoms with Gasteiger partial charge in [-0.3, -0.25) is 4.79 Å². The van der Waals surface area contributed by atoms with E-state index in [-0.39, 0.29) is 16.2 Å². The molecule has 0 fully saturated rings. The van der Waals surface area contributed by atoms with Gasteiger partial charge >= 0.3 is 5.97 Å². The summed E-state index contributed by atoms with van der Waals surface area (Å²) in [5, 5.41) is 8.79. The number of carboxylic acids is 1. The summed E-state index contributed by atoms with van der Waals surface area (Å²) < 4.78 is 27.6. The summed E-state index contributed by atoms with van der Waals surface area (Å²) in [7, 11) is -2.05. The van der Waals surface area contributed by atoms with Crippen molar-refractivity contribution in [2.24, 2.45) is 5.73 Å². The second kappa shape index (κ2) is 4.72. The average Bonchev–Trinajstić information content (AvgIpc) is 2.25. The van der Waals surface area contributed by atoms with Crippen molar-refractivity contribution in [1.82, 2.24) is 0 Å². The molecule has 1 aromatic rings. The zero-order valence-electron chi connectivity index (χ0n) is 9.38. The first-order chi connectivity index (χ1) is 7.77. The molecule has 0 saturated heterocycles. The maximum atomic E-state index is 11.3. The summed E-state index contributed by atoms with van der Waals surface area (Å²) in [5.41, 5.74) is 5.67. The Balaban J connectivity index is 3.33. The Hall–Kier alpha value is -1.60. The second-order valence-electron chi connectivity index (χ2n) is 3.49. The normalized spacial score (nSPS) is 13.1. The molecule has 0 heterocycles. The topological polar surface area (TPSA) is 107 Å². The maximum Gasteiger partial charge on any atom is 0.325 e. The van der Waals surface area contributed by atoms with Crippen LogP contribution in [0.5, 0.6) is 5.75 Å². The lowest BCUT2D eigenvalue weighted by atomic mass is 10.1. The van der Waals surface area contributed by atoms with Crippen LogP contribution in [0.25, 0.3) is 0 Å². The van der Waals surface area contributed by atoms with E-state index in [2.05, 4.69) is 0 Å². The molecular weight excluding hydrogens is 246 g/mol. The van der Waals surface area contributed by atoms with Gasteiger partial charge in [-0.1, -0.05) is 6.07 Å². The van der Waals surface area contributed by atoms with E-state index in [1.165, 1.54) is 25.3 Å². The maximum absolute atomic E-state index is 11.3. The van der Waals surface area contributed by atoms with Crippen LogP contribution in [0.15, 0.2) is 23.1 Å². The molecule has 0 aliphatic rings. The molecule has 17 heavy (non-hydrogen) atoms. The number of nitrogens with two attached hydrogens (primary N) is 1. The van der Waals surface area contributed by atoms with E-state index in [1.807, 2.05) is 0 Å². The van der Waals surface area contributed by atoms with Gasteiger partial charge in [0.05, 0.1) is 12.0 Å². The zero-order valence-corrected chi connectivity index (χ0v) is 10.2. The van der Waals surface area contributed by atoms with E-state index in [4.69, 9.17) is 15.6 Å². The standard InChI is InChI=1S/C10H13NO5S/c1-16-8-5-6(17(2,14)15)3-4-7(8)9(11)10(12)13/h3-5,9H,11H2,1-2H3,(H,12,13). The molecule has 0 bridgehead atoms. The number of methoxy groups -OCH3 is 1. The largest absolute Gasteiger partial charge is 0.496 e. The number of carbonyl (C=O) groups is 1. The van der Waals surface area contributed by atoms with Crippen LogP contribution < -0.4 is 10.5 Å². The van der Waals surface area contributed by atoms with Gasteiger partial charge < -0.3 is 15.6 Å². The molecule has 0 saturated carbocycles. The van der Waals surface area contributed by atoms with Gasteiger partial charge in [0.15, 0.2) is 9.84 Å². The summed E-state index contributed by atoms with van der Waals surface area (Å²) in [6.07, 6.45) is 1.05. The Morgan fingerprint density at radius 1 is 1.47 bits per heavy atom. The summed E-state index contributed by atoms with van der Waals surface area (Å²) in [5.74, 6) is -1.07. The predicted octanol–water partition coefficient (Wildman–Crippen LogP) is 0.183. The van der Waals surface area contributed by atoms with Crippen molar-refractivity contribution in [2.75, 3.05) is 13.4 Å². The van der Waals surface area contributed by atoms with Crippen molar-refractivity contribution in [3.8, 4) is 5.75 Å². The van der Waals surface area contributed by atoms with Gasteiger partial charge in [0.1, 0.15) is 11.8 Å². The van der Waals surface area contributed by atoms with Crippen LogP contribution in [0.2, 0.25) is 0 Å². The van der Waals surface area contributed by atoms with E-state index < -0.39 is 21.8 Å². The summed E-state index contributed by atoms with van der Waals surface area (Å²) in [6, 6.07) is 2.65. The average molecular weight is 259 g/mol. The summed E-state index contributed by atoms with van der Waals surface area (Å²) in [4.78, 5) is 10.8. The predicted molar refractivity (Wildman–Crippen MR) is 60.7 cm³/mol. The molecule has 0 radical (unpaired) electrons. The molecule has 0 aliphatic heterocycles. The highest BCUT2D eigenvalue weighted by molar-refractivity contribution is 7.90. The SMILES string of the molecule is COc1cc(S(C)(=O)=O)ccc1C(N)C(=O)O. The molecule has 0 amide bonds. The molecule has 1 atom stereocenters. The first kappa shape index (κ1) is 13.5. The fourth-order valence-electron chi connectivity index (χ4n) is 1.31. The Labute approximate surface area is 98.9 Å². The van der Waals surface area contributed by atoms with Gasteiger partial charge in [-0.2, -0.15) is 0 Å². The van der Waals surface area contributed by atoms with Crippen LogP contribution in [0.4, 0.5) is 0 Å². The first-order valence-electron chi connectivity index (χ1n) is 4.63. The van der Waals surface area contributed by atoms with Gasteiger partial charge in [0.25, 0.3) is 0 Å². The lowest BCUT2D eigenvalue weighted by Gasteiger charge is -2.13. The molecule has 1 aromatic carbocycles. The molecule has 1 rings (SSSR count). The van der Waals surface area contributed by atoms with Crippen LogP contribution in [-0.2, 0) is 14.6 Å². The summed E-state index contributed by atoms with van der Waals surface area (Å²) in [6.45, 7) is 0. The third-order valence-corrected chi connectivity index (χ3v) is 3.34. The molecule has 94 valence electrons. The third-order valence-electron chi connectivity index (χ3n) is 2.23. The number of carboxylic acid groups (broad SMARTS) is 1. The molecule has 0 aromatic heterocycles. The molecular formula is C10H13NO5S. The molecule has 7 heteroatoms. The second-order valence-corrected chi connectivity index (χ2v) is 5.51. The van der Waals surface area contributed by atoms with Crippen molar-refractivity contribution in [3.05, 3.63) is 23.8 Å². The lowest BCUT2D eigenvalue weighted by Crippen LogP contribution is -2.21. The van der Waals surface area contributed by atoms with Crippen LogP contribution >= 0.6 is 0 Å². The van der Waals surface area contributed by atoms with Gasteiger partial charge in [0.2, 0.25) is 0 Å². The van der Waals surface area contributed by atoms with E-state index >= 15 is 0 Å². The summed E-state index contributed by atoms with van der Waals surface area (Å²) >= 11 is 0. The number of hydrogen-bond donors (Lipinski definition) is 2. The van der Waals surface area contributed by atoms with Crippen molar-refractivity contribution < 1.29 is 23.1 Å². The van der Waals surface area contributed by atoms with E-state index in [0.29, 0.717) is 0 Å². The fourth-order valence-corrected chi connectivity index (χ4v) is 1.95. The molecule has 0 spiro atoms. The van der Waals surface area contributed by atoms with Crippen LogP contribution in [0, 0.1) is 0 Å². The Bertz CT molecular complexity index is 538. The van der Waals surface area contributed by atoms with Crippen molar-refractivity contribution in [3.63, 3.8) is 0 Å². The van der Waals surface area contributed by atoms with Crippen molar-refractivity contribution >= 4 is 15.8 Å². The van der Waals surface area contributed by atoms with Gasteiger partial charge in [-0.25, -0.2) is 8.42 Å². The van der Waals surface area contributed by atoms with E-state index in [0.717, 1.165) is 6.26 Å². The Morgan fingerprint density at radius 3 is 2.47 bits per heavy atom. The molecule has 0 aliphatic carbocycles. The lowest BCUT2D eigenvalue weighted by molar-refractivity contribution is -0.138. The highest BCUT2D eigenvalue weighted by Gasteiger charge is 2.20. The van der Waals surface area contributed by atoms with Gasteiger partial charge in [0, 0.05) is 11.8 Å². The highest BCUT2D eigenvalue weighted by Crippen LogP contribution is 2.27. The number of aliphatic carboxylic acids is 1. The number of benzene rings is 1. The van der Waals surface area contributed by atoms with Crippen LogP contribution in [-0.4, -0.2) is 32.9 Å². The Kier molecular flexibility index (Phi) is 3.74. The number of ether oxygens (including phenoxy) is 1. The smallest absolute Gasteiger partial charge is 0.325 e. The van der Waals surface area contributed by atoms with Crippen LogP contribution in [0.3, 0.4) is 0 Å². The highest BCUT2D eigenvalue weighted by atomic mass is 32.2. The quantitative estimate of drug-likeness (QED) is 0.799. The number of hydrogen-bond acceptors (Lipinski definition) is 5. The minimum Gasteiger partial charge on any atom is -0.496 e. The Morgan fingerprint density at radius 2 is 2.06 bits per heavy atom. The van der Waals surface area contributed by atoms with Crippen molar-refractivity contribution in [2.45, 2.75) is 10.9 Å². The molecule has 6 nitrogen and oxygen atoms in total. The number of sulfone groups is 1. The fraction of sp³-hybridized carbons (Fsp3) is 0.300. The van der Waals surface area contributed by atoms with Gasteiger partial charge in [-0.15, -0.1) is 0 Å². The third kappa shape index (κ3) is 2.95. The molecule has 1 unspecified atom stereocenters. The number of rotatable bonds is 4. The van der Waals surface area contributed by atoms with Crippen molar-refractivity contribution in [1.29, 1.82) is 0 Å². The van der Waals surface area contributed by atoms with Gasteiger partial charge in [-0.05, 0) is 12.1 Å². The van der Waals surface area contributed by atoms with E-state index in [9.17, 15) is 13.2 Å². The minimum atomic E-state index is -3.37. The first-order valence-corrected chi connectivity index (χ1v) is 6.53. The van der Waals surface area contributed by atoms with Crippen LogP contribution in [0.1, 0.15) is 11.6 Å². The van der Waals surface area contributed by atoms with E-state index in [1.54, 1.807) is 0 Å². The molecule has 3 N–H and O–H groups in total. The monoisotopic (exact) mass is 259 g/mol. The zero-order chi connectivity index (χ0) is 13.2.